The topological polar surface area (TPSA) is 78.4 Å². The first kappa shape index (κ1) is 20.6. The lowest BCUT2D eigenvalue weighted by Crippen LogP contribution is -2.72. The summed E-state index contributed by atoms with van der Waals surface area (Å²) in [5, 5.41) is 14.6. The second kappa shape index (κ2) is 7.38. The number of hydrogen-bond acceptors (Lipinski definition) is 3. The molecule has 1 fully saturated rings. The van der Waals surface area contributed by atoms with Gasteiger partial charge in [-0.3, -0.25) is 4.79 Å². The molecular weight excluding hydrogens is 465 g/mol. The Morgan fingerprint density at radius 3 is 2.21 bits per heavy atom. The van der Waals surface area contributed by atoms with E-state index in [4.69, 9.17) is 11.6 Å². The van der Waals surface area contributed by atoms with Gasteiger partial charge in [0, 0.05) is 15.1 Å². The molecule has 1 aliphatic heterocycles. The first-order valence-electron chi connectivity index (χ1n) is 7.96. The van der Waals surface area contributed by atoms with E-state index in [2.05, 4.69) is 21.2 Å². The van der Waals surface area contributed by atoms with Gasteiger partial charge >= 0.3 is 12.2 Å². The van der Waals surface area contributed by atoms with Crippen molar-refractivity contribution in [3.05, 3.63) is 69.2 Å². The molecule has 0 aromatic heterocycles. The van der Waals surface area contributed by atoms with Crippen molar-refractivity contribution in [2.45, 2.75) is 17.9 Å². The highest BCUT2D eigenvalue weighted by Crippen LogP contribution is 2.44. The average molecular weight is 478 g/mol. The van der Waals surface area contributed by atoms with Crippen molar-refractivity contribution >= 4 is 39.3 Å². The van der Waals surface area contributed by atoms with Gasteiger partial charge in [-0.25, -0.2) is 4.79 Å². The summed E-state index contributed by atoms with van der Waals surface area (Å²) in [7, 11) is 0. The van der Waals surface area contributed by atoms with Gasteiger partial charge in [0.25, 0.3) is 0 Å². The Labute approximate surface area is 171 Å². The van der Waals surface area contributed by atoms with E-state index in [1.165, 1.54) is 41.7 Å². The van der Waals surface area contributed by atoms with Gasteiger partial charge in [-0.15, -0.1) is 0 Å². The van der Waals surface area contributed by atoms with Crippen LogP contribution >= 0.6 is 27.5 Å². The molecule has 0 aliphatic carbocycles. The number of rotatable bonds is 3. The molecular formula is C18H13BrClF3N2O3. The summed E-state index contributed by atoms with van der Waals surface area (Å²) >= 11 is 8.99. The summed E-state index contributed by atoms with van der Waals surface area (Å²) in [5.41, 5.74) is -3.62. The highest BCUT2D eigenvalue weighted by Gasteiger charge is 2.66. The summed E-state index contributed by atoms with van der Waals surface area (Å²) < 4.78 is 42.0. The third kappa shape index (κ3) is 3.74. The zero-order valence-electron chi connectivity index (χ0n) is 13.9. The maximum absolute atomic E-state index is 13.8. The van der Waals surface area contributed by atoms with Crippen LogP contribution in [0.25, 0.3) is 0 Å². The molecule has 0 bridgehead atoms. The van der Waals surface area contributed by atoms with Crippen LogP contribution in [0.5, 0.6) is 0 Å². The summed E-state index contributed by atoms with van der Waals surface area (Å²) in [6, 6.07) is 8.59. The number of aliphatic hydroxyl groups is 1. The Hall–Kier alpha value is -2.10. The van der Waals surface area contributed by atoms with Gasteiger partial charge in [-0.1, -0.05) is 39.7 Å². The number of benzene rings is 2. The van der Waals surface area contributed by atoms with Crippen LogP contribution in [0.2, 0.25) is 5.02 Å². The number of hydrogen-bond donors (Lipinski definition) is 3. The number of carbonyl (C=O) groups is 2. The Balaban J connectivity index is 2.15. The number of ketones is 1. The fraction of sp³-hybridized carbons (Fsp3) is 0.222. The standard InChI is InChI=1S/C18H13BrClF3N2O3/c19-11-5-1-9(2-6-11)14-13(15(26)10-3-7-12(20)8-4-10)17(28,18(21,22)23)25-16(27)24-14/h1-8,13-14,28H,(H2,24,25,27). The second-order valence-electron chi connectivity index (χ2n) is 6.24. The molecule has 1 saturated heterocycles. The summed E-state index contributed by atoms with van der Waals surface area (Å²) in [4.78, 5) is 24.9. The molecule has 28 heavy (non-hydrogen) atoms. The first-order chi connectivity index (χ1) is 13.0. The van der Waals surface area contributed by atoms with Gasteiger partial charge in [0.05, 0.1) is 6.04 Å². The second-order valence-corrected chi connectivity index (χ2v) is 7.59. The van der Waals surface area contributed by atoms with Crippen molar-refractivity contribution in [2.24, 2.45) is 5.92 Å². The maximum Gasteiger partial charge on any atom is 0.437 e. The van der Waals surface area contributed by atoms with Crippen molar-refractivity contribution < 1.29 is 27.9 Å². The monoisotopic (exact) mass is 476 g/mol. The van der Waals surface area contributed by atoms with E-state index < -0.39 is 35.7 Å². The number of Topliss-reactive ketones (excluding diaryl/α,β-unsaturated/α-hetero) is 1. The van der Waals surface area contributed by atoms with Gasteiger partial charge in [0.15, 0.2) is 5.78 Å². The van der Waals surface area contributed by atoms with Crippen molar-refractivity contribution in [3.8, 4) is 0 Å². The minimum atomic E-state index is -5.30. The zero-order chi connectivity index (χ0) is 20.7. The minimum absolute atomic E-state index is 0.0860. The lowest BCUT2D eigenvalue weighted by molar-refractivity contribution is -0.287. The molecule has 5 nitrogen and oxygen atoms in total. The number of urea groups is 1. The van der Waals surface area contributed by atoms with E-state index in [0.29, 0.717) is 9.50 Å². The largest absolute Gasteiger partial charge is 0.437 e. The van der Waals surface area contributed by atoms with Crippen LogP contribution in [0.1, 0.15) is 22.0 Å². The van der Waals surface area contributed by atoms with Gasteiger partial charge in [-0.05, 0) is 42.0 Å². The molecule has 3 unspecified atom stereocenters. The molecule has 2 aromatic rings. The van der Waals surface area contributed by atoms with Crippen molar-refractivity contribution in [1.29, 1.82) is 0 Å². The van der Waals surface area contributed by atoms with E-state index in [1.54, 1.807) is 12.1 Å². The van der Waals surface area contributed by atoms with Crippen LogP contribution in [0.3, 0.4) is 0 Å². The number of amides is 2. The molecule has 0 saturated carbocycles. The lowest BCUT2D eigenvalue weighted by atomic mass is 9.77. The Morgan fingerprint density at radius 2 is 1.68 bits per heavy atom. The number of halogens is 5. The molecule has 3 rings (SSSR count). The Kier molecular flexibility index (Phi) is 5.44. The highest BCUT2D eigenvalue weighted by atomic mass is 79.9. The quantitative estimate of drug-likeness (QED) is 0.580. The minimum Gasteiger partial charge on any atom is -0.363 e. The summed E-state index contributed by atoms with van der Waals surface area (Å²) in [6.07, 6.45) is -5.30. The lowest BCUT2D eigenvalue weighted by Gasteiger charge is -2.45. The van der Waals surface area contributed by atoms with Gasteiger partial charge in [0.1, 0.15) is 5.92 Å². The predicted molar refractivity (Wildman–Crippen MR) is 98.8 cm³/mol. The van der Waals surface area contributed by atoms with E-state index in [-0.39, 0.29) is 11.1 Å². The highest BCUT2D eigenvalue weighted by molar-refractivity contribution is 9.10. The molecule has 0 spiro atoms. The van der Waals surface area contributed by atoms with Crippen LogP contribution in [0, 0.1) is 5.92 Å². The molecule has 10 heteroatoms. The van der Waals surface area contributed by atoms with Crippen molar-refractivity contribution in [3.63, 3.8) is 0 Å². The predicted octanol–water partition coefficient (Wildman–Crippen LogP) is 4.21. The molecule has 2 amide bonds. The third-order valence-electron chi connectivity index (χ3n) is 4.45. The molecule has 3 atom stereocenters. The molecule has 0 radical (unpaired) electrons. The molecule has 1 aliphatic rings. The number of carbonyl (C=O) groups excluding carboxylic acids is 2. The SMILES string of the molecule is O=C1NC(c2ccc(Br)cc2)C(C(=O)c2ccc(Cl)cc2)C(O)(C(F)(F)F)N1. The molecule has 1 heterocycles. The molecule has 2 aromatic carbocycles. The average Bonchev–Trinajstić information content (AvgIpc) is 2.61. The Morgan fingerprint density at radius 1 is 1.11 bits per heavy atom. The normalized spacial score (nSPS) is 25.0. The Bertz CT molecular complexity index is 906. The van der Waals surface area contributed by atoms with Crippen LogP contribution in [0.4, 0.5) is 18.0 Å². The smallest absolute Gasteiger partial charge is 0.363 e. The van der Waals surface area contributed by atoms with Gasteiger partial charge < -0.3 is 15.7 Å². The zero-order valence-corrected chi connectivity index (χ0v) is 16.3. The van der Waals surface area contributed by atoms with Crippen molar-refractivity contribution in [1.82, 2.24) is 10.6 Å². The first-order valence-corrected chi connectivity index (χ1v) is 9.13. The number of alkyl halides is 3. The van der Waals surface area contributed by atoms with Gasteiger partial charge in [-0.2, -0.15) is 13.2 Å². The van der Waals surface area contributed by atoms with Crippen LogP contribution in [-0.2, 0) is 0 Å². The van der Waals surface area contributed by atoms with E-state index in [0.717, 1.165) is 0 Å². The maximum atomic E-state index is 13.8. The fourth-order valence-corrected chi connectivity index (χ4v) is 3.47. The molecule has 3 N–H and O–H groups in total. The van der Waals surface area contributed by atoms with E-state index in [1.807, 2.05) is 0 Å². The van der Waals surface area contributed by atoms with Crippen LogP contribution in [-0.4, -0.2) is 28.8 Å². The van der Waals surface area contributed by atoms with Crippen LogP contribution < -0.4 is 10.6 Å². The third-order valence-corrected chi connectivity index (χ3v) is 5.23. The fourth-order valence-electron chi connectivity index (χ4n) is 3.08. The van der Waals surface area contributed by atoms with Crippen LogP contribution in [0.15, 0.2) is 53.0 Å². The summed E-state index contributed by atoms with van der Waals surface area (Å²) in [5.74, 6) is -3.08. The summed E-state index contributed by atoms with van der Waals surface area (Å²) in [6.45, 7) is 0. The molecule has 148 valence electrons. The van der Waals surface area contributed by atoms with E-state index >= 15 is 0 Å². The number of nitrogens with one attached hydrogen (secondary N) is 2. The van der Waals surface area contributed by atoms with Gasteiger partial charge in [0.2, 0.25) is 5.72 Å². The van der Waals surface area contributed by atoms with E-state index in [9.17, 15) is 27.9 Å². The van der Waals surface area contributed by atoms with Crippen molar-refractivity contribution in [2.75, 3.05) is 0 Å².